The minimum Gasteiger partial charge on any atom is -0.493 e. The van der Waals surface area contributed by atoms with Crippen LogP contribution >= 0.6 is 35.0 Å². The number of nitrogens with zero attached hydrogens (tertiary/aromatic N) is 3. The van der Waals surface area contributed by atoms with Gasteiger partial charge in [0.2, 0.25) is 5.91 Å². The maximum atomic E-state index is 12.3. The Morgan fingerprint density at radius 2 is 1.83 bits per heavy atom. The summed E-state index contributed by atoms with van der Waals surface area (Å²) in [7, 11) is 3.42. The number of anilines is 1. The molecular formula is C20H20Cl2N4O3S. The maximum Gasteiger partial charge on any atom is 0.234 e. The molecule has 1 heterocycles. The molecule has 1 N–H and O–H groups in total. The van der Waals surface area contributed by atoms with Gasteiger partial charge in [-0.2, -0.15) is 0 Å². The van der Waals surface area contributed by atoms with Crippen molar-refractivity contribution in [2.75, 3.05) is 18.2 Å². The standard InChI is InChI=1S/C20H20Cl2N4O3S/c1-12(29-17-7-5-4-6-16(17)28-3)19-24-25-20(26(19)2)30-11-18(27)23-15-9-13(21)8-14(22)10-15/h4-10,12H,11H2,1-3H3,(H,23,27). The second-order valence-corrected chi connectivity index (χ2v) is 8.12. The maximum absolute atomic E-state index is 12.3. The number of benzene rings is 2. The third-order valence-electron chi connectivity index (χ3n) is 4.08. The highest BCUT2D eigenvalue weighted by molar-refractivity contribution is 7.99. The molecule has 1 atom stereocenters. The van der Waals surface area contributed by atoms with Crippen molar-refractivity contribution < 1.29 is 14.3 Å². The van der Waals surface area contributed by atoms with Crippen LogP contribution in [0.2, 0.25) is 10.0 Å². The molecule has 1 unspecified atom stereocenters. The SMILES string of the molecule is COc1ccccc1OC(C)c1nnc(SCC(=O)Nc2cc(Cl)cc(Cl)c2)n1C. The predicted octanol–water partition coefficient (Wildman–Crippen LogP) is 5.00. The highest BCUT2D eigenvalue weighted by Gasteiger charge is 2.19. The van der Waals surface area contributed by atoms with Crippen molar-refractivity contribution in [3.05, 3.63) is 58.3 Å². The number of hydrogen-bond acceptors (Lipinski definition) is 6. The molecule has 0 spiro atoms. The summed E-state index contributed by atoms with van der Waals surface area (Å²) in [6.07, 6.45) is -0.365. The fraction of sp³-hybridized carbons (Fsp3) is 0.250. The van der Waals surface area contributed by atoms with E-state index in [2.05, 4.69) is 15.5 Å². The lowest BCUT2D eigenvalue weighted by Crippen LogP contribution is -2.15. The third kappa shape index (κ3) is 5.59. The summed E-state index contributed by atoms with van der Waals surface area (Å²) in [5, 5.41) is 12.6. The van der Waals surface area contributed by atoms with Crippen molar-refractivity contribution in [1.82, 2.24) is 14.8 Å². The second kappa shape index (κ2) is 10.1. The van der Waals surface area contributed by atoms with Crippen molar-refractivity contribution in [2.24, 2.45) is 7.05 Å². The van der Waals surface area contributed by atoms with E-state index in [0.717, 1.165) is 0 Å². The Hall–Kier alpha value is -2.42. The van der Waals surface area contributed by atoms with Crippen LogP contribution in [0, 0.1) is 0 Å². The van der Waals surface area contributed by atoms with Crippen molar-refractivity contribution in [3.8, 4) is 11.5 Å². The third-order valence-corrected chi connectivity index (χ3v) is 5.54. The average Bonchev–Trinajstić information content (AvgIpc) is 3.06. The van der Waals surface area contributed by atoms with Crippen LogP contribution in [-0.2, 0) is 11.8 Å². The monoisotopic (exact) mass is 466 g/mol. The average molecular weight is 467 g/mol. The van der Waals surface area contributed by atoms with Crippen LogP contribution in [0.1, 0.15) is 18.9 Å². The van der Waals surface area contributed by atoms with Crippen LogP contribution in [0.15, 0.2) is 47.6 Å². The quantitative estimate of drug-likeness (QED) is 0.470. The summed E-state index contributed by atoms with van der Waals surface area (Å²) >= 11 is 13.2. The zero-order valence-electron chi connectivity index (χ0n) is 16.6. The molecule has 1 aromatic heterocycles. The van der Waals surface area contributed by atoms with Gasteiger partial charge in [-0.25, -0.2) is 0 Å². The lowest BCUT2D eigenvalue weighted by molar-refractivity contribution is -0.113. The van der Waals surface area contributed by atoms with E-state index in [0.29, 0.717) is 38.2 Å². The van der Waals surface area contributed by atoms with Gasteiger partial charge in [0.1, 0.15) is 0 Å². The number of hydrogen-bond donors (Lipinski definition) is 1. The lowest BCUT2D eigenvalue weighted by Gasteiger charge is -2.16. The summed E-state index contributed by atoms with van der Waals surface area (Å²) in [5.41, 5.74) is 0.538. The fourth-order valence-corrected chi connectivity index (χ4v) is 3.96. The van der Waals surface area contributed by atoms with Gasteiger partial charge in [0.05, 0.1) is 12.9 Å². The van der Waals surface area contributed by atoms with Gasteiger partial charge >= 0.3 is 0 Å². The number of rotatable bonds is 8. The topological polar surface area (TPSA) is 78.3 Å². The Balaban J connectivity index is 1.61. The van der Waals surface area contributed by atoms with Gasteiger partial charge in [-0.1, -0.05) is 47.1 Å². The molecule has 0 bridgehead atoms. The number of ether oxygens (including phenoxy) is 2. The number of para-hydroxylation sites is 2. The summed E-state index contributed by atoms with van der Waals surface area (Å²) in [4.78, 5) is 12.3. The first kappa shape index (κ1) is 22.3. The van der Waals surface area contributed by atoms with E-state index in [9.17, 15) is 4.79 Å². The van der Waals surface area contributed by atoms with Gasteiger partial charge < -0.3 is 19.4 Å². The zero-order valence-corrected chi connectivity index (χ0v) is 18.9. The minimum atomic E-state index is -0.365. The summed E-state index contributed by atoms with van der Waals surface area (Å²) < 4.78 is 13.1. The van der Waals surface area contributed by atoms with Gasteiger partial charge in [-0.15, -0.1) is 10.2 Å². The van der Waals surface area contributed by atoms with Crippen LogP contribution in [0.4, 0.5) is 5.69 Å². The largest absolute Gasteiger partial charge is 0.493 e. The van der Waals surface area contributed by atoms with Crippen LogP contribution in [0.3, 0.4) is 0 Å². The van der Waals surface area contributed by atoms with Crippen molar-refractivity contribution in [3.63, 3.8) is 0 Å². The van der Waals surface area contributed by atoms with Gasteiger partial charge in [-0.3, -0.25) is 4.79 Å². The molecule has 158 valence electrons. The molecule has 0 radical (unpaired) electrons. The second-order valence-electron chi connectivity index (χ2n) is 6.31. The summed E-state index contributed by atoms with van der Waals surface area (Å²) in [5.74, 6) is 1.83. The first-order valence-corrected chi connectivity index (χ1v) is 10.7. The van der Waals surface area contributed by atoms with Crippen molar-refractivity contribution in [1.29, 1.82) is 0 Å². The zero-order chi connectivity index (χ0) is 21.7. The van der Waals surface area contributed by atoms with Crippen molar-refractivity contribution in [2.45, 2.75) is 18.2 Å². The first-order valence-electron chi connectivity index (χ1n) is 8.95. The number of aromatic nitrogens is 3. The smallest absolute Gasteiger partial charge is 0.234 e. The molecule has 2 aromatic carbocycles. The summed E-state index contributed by atoms with van der Waals surface area (Å²) in [6, 6.07) is 12.3. The van der Waals surface area contributed by atoms with E-state index in [1.807, 2.05) is 38.2 Å². The number of methoxy groups -OCH3 is 1. The highest BCUT2D eigenvalue weighted by Crippen LogP contribution is 2.31. The first-order chi connectivity index (χ1) is 14.4. The molecule has 0 aliphatic rings. The molecule has 0 saturated carbocycles. The van der Waals surface area contributed by atoms with Crippen molar-refractivity contribution >= 4 is 46.6 Å². The van der Waals surface area contributed by atoms with Crippen LogP contribution in [0.25, 0.3) is 0 Å². The fourth-order valence-electron chi connectivity index (χ4n) is 2.72. The van der Waals surface area contributed by atoms with E-state index in [1.54, 1.807) is 29.9 Å². The van der Waals surface area contributed by atoms with Gasteiger partial charge in [0, 0.05) is 22.8 Å². The molecule has 10 heteroatoms. The molecule has 30 heavy (non-hydrogen) atoms. The van der Waals surface area contributed by atoms with Gasteiger partial charge in [0.15, 0.2) is 28.6 Å². The molecule has 1 amide bonds. The lowest BCUT2D eigenvalue weighted by atomic mass is 10.3. The Bertz CT molecular complexity index is 1020. The van der Waals surface area contributed by atoms with Crippen LogP contribution in [0.5, 0.6) is 11.5 Å². The highest BCUT2D eigenvalue weighted by atomic mass is 35.5. The number of halogens is 2. The number of carbonyl (C=O) groups is 1. The Kier molecular flexibility index (Phi) is 7.47. The molecule has 7 nitrogen and oxygen atoms in total. The summed E-state index contributed by atoms with van der Waals surface area (Å²) in [6.45, 7) is 1.88. The molecule has 0 fully saturated rings. The van der Waals surface area contributed by atoms with E-state index < -0.39 is 0 Å². The number of nitrogens with one attached hydrogen (secondary N) is 1. The van der Waals surface area contributed by atoms with Crippen LogP contribution in [-0.4, -0.2) is 33.5 Å². The number of thioether (sulfide) groups is 1. The van der Waals surface area contributed by atoms with Crippen LogP contribution < -0.4 is 14.8 Å². The van der Waals surface area contributed by atoms with E-state index in [4.69, 9.17) is 32.7 Å². The Labute approximate surface area is 188 Å². The minimum absolute atomic E-state index is 0.151. The predicted molar refractivity (Wildman–Crippen MR) is 119 cm³/mol. The van der Waals surface area contributed by atoms with Gasteiger partial charge in [0.25, 0.3) is 0 Å². The molecule has 3 rings (SSSR count). The number of carbonyl (C=O) groups excluding carboxylic acids is 1. The Morgan fingerprint density at radius 1 is 1.17 bits per heavy atom. The van der Waals surface area contributed by atoms with E-state index in [1.165, 1.54) is 11.8 Å². The normalized spacial score (nSPS) is 11.8. The number of amides is 1. The van der Waals surface area contributed by atoms with Gasteiger partial charge in [-0.05, 0) is 37.3 Å². The molecule has 0 saturated heterocycles. The van der Waals surface area contributed by atoms with E-state index in [-0.39, 0.29) is 17.8 Å². The molecule has 0 aliphatic heterocycles. The molecule has 3 aromatic rings. The molecule has 0 aliphatic carbocycles. The van der Waals surface area contributed by atoms with E-state index >= 15 is 0 Å². The Morgan fingerprint density at radius 3 is 2.50 bits per heavy atom. The molecular weight excluding hydrogens is 447 g/mol.